The Morgan fingerprint density at radius 2 is 0.545 bits per heavy atom. The molecule has 0 saturated heterocycles. The van der Waals surface area contributed by atoms with E-state index in [2.05, 4.69) is 319 Å². The lowest BCUT2D eigenvalue weighted by Crippen LogP contribution is -1.97. The monoisotopic (exact) mass is 1410 g/mol. The van der Waals surface area contributed by atoms with Gasteiger partial charge in [0.2, 0.25) is 0 Å². The average molecular weight is 1410 g/mol. The first-order valence-electron chi connectivity index (χ1n) is 36.9. The van der Waals surface area contributed by atoms with Gasteiger partial charge >= 0.3 is 0 Å². The van der Waals surface area contributed by atoms with Gasteiger partial charge < -0.3 is 9.13 Å². The van der Waals surface area contributed by atoms with Crippen LogP contribution in [0.2, 0.25) is 0 Å². The zero-order chi connectivity index (χ0) is 72.6. The molecule has 0 fully saturated rings. The fourth-order valence-corrected chi connectivity index (χ4v) is 16.2. The number of fused-ring (bicyclic) bond motifs is 13. The molecule has 0 bridgehead atoms. The number of benzene rings is 12. The molecular weight excluding hydrogens is 1340 g/mol. The smallest absolute Gasteiger partial charge is 0.160 e. The molecule has 0 saturated carbocycles. The van der Waals surface area contributed by atoms with Gasteiger partial charge in [0.15, 0.2) is 5.82 Å². The minimum atomic E-state index is 0.699. The van der Waals surface area contributed by atoms with Crippen LogP contribution in [-0.2, 0) is 0 Å². The number of rotatable bonds is 11. The van der Waals surface area contributed by atoms with E-state index in [1.807, 2.05) is 79.1 Å². The summed E-state index contributed by atoms with van der Waals surface area (Å²) < 4.78 is 9.30. The quantitative estimate of drug-likeness (QED) is 0.127. The maximum atomic E-state index is 5.11. The molecule has 12 aromatic carbocycles. The molecule has 11 nitrogen and oxygen atoms in total. The van der Waals surface area contributed by atoms with Crippen molar-refractivity contribution < 1.29 is 0 Å². The van der Waals surface area contributed by atoms with Gasteiger partial charge in [0.05, 0.1) is 67.1 Å². The Morgan fingerprint density at radius 3 is 1.02 bits per heavy atom. The highest BCUT2D eigenvalue weighted by atomic mass is 15.1. The molecule has 0 N–H and O–H groups in total. The van der Waals surface area contributed by atoms with Crippen molar-refractivity contribution in [2.24, 2.45) is 0 Å². The molecule has 10 aromatic heterocycles. The van der Waals surface area contributed by atoms with Gasteiger partial charge in [-0.2, -0.15) is 0 Å². The van der Waals surface area contributed by atoms with E-state index < -0.39 is 0 Å². The van der Waals surface area contributed by atoms with Crippen molar-refractivity contribution in [1.82, 2.24) is 53.2 Å². The first-order valence-corrected chi connectivity index (χ1v) is 36.9. The fraction of sp³-hybridized carbons (Fsp3) is 0. The van der Waals surface area contributed by atoms with Crippen LogP contribution >= 0.6 is 0 Å². The van der Waals surface area contributed by atoms with Crippen LogP contribution in [0.1, 0.15) is 0 Å². The van der Waals surface area contributed by atoms with Crippen molar-refractivity contribution in [1.29, 1.82) is 0 Å². The van der Waals surface area contributed by atoms with Crippen molar-refractivity contribution in [3.05, 3.63) is 383 Å². The summed E-state index contributed by atoms with van der Waals surface area (Å²) >= 11 is 0. The first kappa shape index (κ1) is 63.4. The van der Waals surface area contributed by atoms with Crippen LogP contribution in [-0.4, -0.2) is 53.2 Å². The van der Waals surface area contributed by atoms with E-state index in [4.69, 9.17) is 24.9 Å². The Balaban J connectivity index is 0.000000140. The lowest BCUT2D eigenvalue weighted by Gasteiger charge is -2.12. The maximum Gasteiger partial charge on any atom is 0.160 e. The Morgan fingerprint density at radius 1 is 0.182 bits per heavy atom. The Bertz CT molecular complexity index is 7240. The highest BCUT2D eigenvalue weighted by molar-refractivity contribution is 6.14. The Kier molecular flexibility index (Phi) is 15.3. The van der Waals surface area contributed by atoms with Crippen LogP contribution in [0.3, 0.4) is 0 Å². The molecule has 110 heavy (non-hydrogen) atoms. The zero-order valence-electron chi connectivity index (χ0n) is 59.3. The van der Waals surface area contributed by atoms with Crippen LogP contribution in [0.4, 0.5) is 0 Å². The first-order chi connectivity index (χ1) is 54.5. The lowest BCUT2D eigenvalue weighted by atomic mass is 10.0. The maximum absolute atomic E-state index is 5.11. The molecule has 514 valence electrons. The molecule has 0 unspecified atom stereocenters. The molecule has 11 heteroatoms. The standard InChI is InChI=1S/C50H32N6.C49H31N5/c1-2-11-37(12-3-1)55-47-17-5-4-13-39(47)40-24-20-34(31-48(40)55)35-21-25-41-42-14-10-28-53-50(42)56(49(41)32-35)38-22-18-33(19-23-38)36-29-45(43-15-6-8-26-51-43)54-46(30-36)44-16-7-9-27-52-44;1-3-12-32(13-4-1)47-42-17-7-9-19-43(42)51-48(52-47)33-21-25-37(26-22-33)54-46-31-35(24-28-40(46)41-18-11-29-50-49(41)54)34-23-27-39-38-16-8-10-20-44(38)53(45(39)30-34)36-14-5-2-6-15-36/h1-32H;1-31H. The van der Waals surface area contributed by atoms with Gasteiger partial charge in [0.1, 0.15) is 11.3 Å². The van der Waals surface area contributed by atoms with E-state index in [9.17, 15) is 0 Å². The molecule has 0 aliphatic carbocycles. The molecule has 22 rings (SSSR count). The summed E-state index contributed by atoms with van der Waals surface area (Å²) in [4.78, 5) is 34.1. The van der Waals surface area contributed by atoms with Crippen molar-refractivity contribution in [3.8, 4) is 102 Å². The zero-order valence-corrected chi connectivity index (χ0v) is 59.3. The summed E-state index contributed by atoms with van der Waals surface area (Å²) in [6, 6.07) is 126. The van der Waals surface area contributed by atoms with Crippen molar-refractivity contribution >= 4 is 98.4 Å². The van der Waals surface area contributed by atoms with Crippen molar-refractivity contribution in [3.63, 3.8) is 0 Å². The Labute approximate surface area is 631 Å². The molecule has 0 amide bonds. The normalized spacial score (nSPS) is 11.6. The van der Waals surface area contributed by atoms with Crippen molar-refractivity contribution in [2.75, 3.05) is 0 Å². The molecule has 10 heterocycles. The summed E-state index contributed by atoms with van der Waals surface area (Å²) in [6.07, 6.45) is 7.34. The largest absolute Gasteiger partial charge is 0.309 e. The molecule has 0 radical (unpaired) electrons. The van der Waals surface area contributed by atoms with Crippen LogP contribution in [0.5, 0.6) is 0 Å². The molecule has 0 aliphatic rings. The van der Waals surface area contributed by atoms with Gasteiger partial charge in [-0.25, -0.2) is 24.9 Å². The van der Waals surface area contributed by atoms with Crippen LogP contribution in [0.25, 0.3) is 200 Å². The van der Waals surface area contributed by atoms with E-state index in [1.54, 1.807) is 12.4 Å². The highest BCUT2D eigenvalue weighted by Gasteiger charge is 2.22. The summed E-state index contributed by atoms with van der Waals surface area (Å²) in [5.74, 6) is 0.699. The average Bonchev–Trinajstić information content (AvgIpc) is 1.57. The van der Waals surface area contributed by atoms with Crippen molar-refractivity contribution in [2.45, 2.75) is 0 Å². The van der Waals surface area contributed by atoms with Gasteiger partial charge in [-0.3, -0.25) is 19.1 Å². The molecule has 0 spiro atoms. The van der Waals surface area contributed by atoms with Crippen LogP contribution in [0, 0.1) is 0 Å². The topological polar surface area (TPSA) is 110 Å². The number of aromatic nitrogens is 11. The van der Waals surface area contributed by atoms with E-state index in [0.29, 0.717) is 5.82 Å². The van der Waals surface area contributed by atoms with Gasteiger partial charge in [0, 0.05) is 107 Å². The minimum absolute atomic E-state index is 0.699. The lowest BCUT2D eigenvalue weighted by molar-refractivity contribution is 1.13. The van der Waals surface area contributed by atoms with Gasteiger partial charge in [-0.05, 0) is 197 Å². The van der Waals surface area contributed by atoms with E-state index >= 15 is 0 Å². The number of pyridine rings is 5. The fourth-order valence-electron chi connectivity index (χ4n) is 16.2. The third-order valence-electron chi connectivity index (χ3n) is 21.3. The second kappa shape index (κ2) is 26.5. The molecule has 22 aromatic rings. The van der Waals surface area contributed by atoms with E-state index in [1.165, 1.54) is 43.6 Å². The predicted octanol–water partition coefficient (Wildman–Crippen LogP) is 24.3. The van der Waals surface area contributed by atoms with Crippen LogP contribution in [0.15, 0.2) is 383 Å². The van der Waals surface area contributed by atoms with E-state index in [0.717, 1.165) is 151 Å². The molecule has 0 atom stereocenters. The Hall–Kier alpha value is -15.1. The second-order valence-electron chi connectivity index (χ2n) is 27.7. The SMILES string of the molecule is c1ccc(-c2nc(-c3ccc(-n4c5cc(-c6ccc7c8ccccc8n(-c8ccccc8)c7c6)ccc5c5cccnc54)cc3)nc3ccccc23)cc1.c1ccc(-n2c3ccccc3c3ccc(-c4ccc5c6cccnc6n(-c6ccc(-c7cc(-c8ccccn8)nc(-c8ccccn8)c7)cc6)c5c4)cc32)cc1. The number of hydrogen-bond acceptors (Lipinski definition) is 7. The van der Waals surface area contributed by atoms with Gasteiger partial charge in [-0.1, -0.05) is 194 Å². The van der Waals surface area contributed by atoms with E-state index in [-0.39, 0.29) is 0 Å². The molecule has 0 aliphatic heterocycles. The minimum Gasteiger partial charge on any atom is -0.309 e. The third-order valence-corrected chi connectivity index (χ3v) is 21.3. The predicted molar refractivity (Wildman–Crippen MR) is 450 cm³/mol. The highest BCUT2D eigenvalue weighted by Crippen LogP contribution is 2.42. The second-order valence-corrected chi connectivity index (χ2v) is 27.7. The number of nitrogens with zero attached hydrogens (tertiary/aromatic N) is 11. The summed E-state index contributed by atoms with van der Waals surface area (Å²) in [7, 11) is 0. The summed E-state index contributed by atoms with van der Waals surface area (Å²) in [5, 5.41) is 10.6. The summed E-state index contributed by atoms with van der Waals surface area (Å²) in [6.45, 7) is 0. The molecular formula is C99H63N11. The summed E-state index contributed by atoms with van der Waals surface area (Å²) in [5.41, 5.74) is 27.0. The van der Waals surface area contributed by atoms with Crippen LogP contribution < -0.4 is 0 Å². The van der Waals surface area contributed by atoms with Gasteiger partial charge in [-0.15, -0.1) is 0 Å². The number of hydrogen-bond donors (Lipinski definition) is 0. The third kappa shape index (κ3) is 10.9. The van der Waals surface area contributed by atoms with Gasteiger partial charge in [0.25, 0.3) is 0 Å². The number of para-hydroxylation sites is 5.